The van der Waals surface area contributed by atoms with Crippen LogP contribution in [0, 0.1) is 0 Å². The lowest BCUT2D eigenvalue weighted by atomic mass is 10.0. The second kappa shape index (κ2) is 48.1. The first-order valence-electron chi connectivity index (χ1n) is 27.8. The number of phosphoric ester groups is 1. The van der Waals surface area contributed by atoms with Gasteiger partial charge in [-0.2, -0.15) is 0 Å². The van der Waals surface area contributed by atoms with Gasteiger partial charge in [-0.15, -0.1) is 0 Å². The molecule has 0 aromatic rings. The van der Waals surface area contributed by atoms with Crippen LogP contribution < -0.4 is 5.32 Å². The maximum Gasteiger partial charge on any atom is 0.472 e. The number of nitrogens with zero attached hydrogens (tertiary/aromatic N) is 1. The zero-order valence-corrected chi connectivity index (χ0v) is 45.7. The molecular formula is C58H106N2O7P+. The van der Waals surface area contributed by atoms with Crippen LogP contribution >= 0.6 is 7.82 Å². The molecule has 0 radical (unpaired) electrons. The Labute approximate surface area is 419 Å². The van der Waals surface area contributed by atoms with Gasteiger partial charge in [0.2, 0.25) is 5.91 Å². The topological polar surface area (TPSA) is 111 Å². The van der Waals surface area contributed by atoms with Gasteiger partial charge in [0.05, 0.1) is 33.8 Å². The summed E-state index contributed by atoms with van der Waals surface area (Å²) < 4.78 is 30.5. The lowest BCUT2D eigenvalue weighted by Gasteiger charge is -2.27. The molecule has 3 atom stereocenters. The molecule has 0 bridgehead atoms. The van der Waals surface area contributed by atoms with Crippen LogP contribution in [0.25, 0.3) is 0 Å². The van der Waals surface area contributed by atoms with Crippen LogP contribution in [0.1, 0.15) is 233 Å². The van der Waals surface area contributed by atoms with Crippen molar-refractivity contribution in [3.63, 3.8) is 0 Å². The molecule has 0 rings (SSSR count). The summed E-state index contributed by atoms with van der Waals surface area (Å²) in [6, 6.07) is -0.877. The number of likely N-dealkylation sites (N-methyl/N-ethyl adjacent to an activating group) is 1. The number of allylic oxidation sites excluding steroid dienone is 11. The van der Waals surface area contributed by atoms with E-state index in [1.54, 1.807) is 0 Å². The summed E-state index contributed by atoms with van der Waals surface area (Å²) in [5.74, 6) is -0.573. The number of carbonyl (C=O) groups excluding carboxylic acids is 2. The molecule has 0 spiro atoms. The number of unbranched alkanes of at least 4 members (excludes halogenated alkanes) is 23. The van der Waals surface area contributed by atoms with Crippen LogP contribution in [0.15, 0.2) is 72.9 Å². The highest BCUT2D eigenvalue weighted by molar-refractivity contribution is 7.47. The van der Waals surface area contributed by atoms with E-state index >= 15 is 0 Å². The van der Waals surface area contributed by atoms with E-state index in [9.17, 15) is 19.0 Å². The average Bonchev–Trinajstić information content (AvgIpc) is 3.29. The number of nitrogens with one attached hydrogen (secondary N) is 1. The van der Waals surface area contributed by atoms with E-state index in [0.717, 1.165) is 77.0 Å². The zero-order chi connectivity index (χ0) is 50.1. The van der Waals surface area contributed by atoms with Crippen molar-refractivity contribution in [2.24, 2.45) is 0 Å². The van der Waals surface area contributed by atoms with Gasteiger partial charge in [0, 0.05) is 12.8 Å². The monoisotopic (exact) mass is 974 g/mol. The maximum absolute atomic E-state index is 13.4. The molecule has 0 aromatic carbocycles. The van der Waals surface area contributed by atoms with Crippen molar-refractivity contribution in [2.75, 3.05) is 40.9 Å². The van der Waals surface area contributed by atoms with Gasteiger partial charge in [-0.25, -0.2) is 4.57 Å². The molecule has 0 fully saturated rings. The molecule has 0 aliphatic heterocycles. The molecule has 68 heavy (non-hydrogen) atoms. The first-order valence-corrected chi connectivity index (χ1v) is 29.3. The quantitative estimate of drug-likeness (QED) is 0.0205. The molecule has 0 aliphatic carbocycles. The summed E-state index contributed by atoms with van der Waals surface area (Å²) in [7, 11) is 1.46. The first kappa shape index (κ1) is 65.5. The second-order valence-electron chi connectivity index (χ2n) is 19.7. The van der Waals surface area contributed by atoms with E-state index in [1.807, 2.05) is 33.3 Å². The van der Waals surface area contributed by atoms with Gasteiger partial charge >= 0.3 is 13.8 Å². The van der Waals surface area contributed by atoms with E-state index in [0.29, 0.717) is 17.4 Å². The summed E-state index contributed by atoms with van der Waals surface area (Å²) >= 11 is 0. The summed E-state index contributed by atoms with van der Waals surface area (Å²) in [6.07, 6.45) is 60.5. The van der Waals surface area contributed by atoms with Gasteiger partial charge in [-0.3, -0.25) is 18.6 Å². The molecule has 10 heteroatoms. The molecule has 394 valence electrons. The molecule has 0 aromatic heterocycles. The third-order valence-electron chi connectivity index (χ3n) is 11.9. The number of phosphoric acid groups is 1. The minimum atomic E-state index is -4.46. The van der Waals surface area contributed by atoms with Crippen molar-refractivity contribution in [1.29, 1.82) is 0 Å². The molecule has 3 unspecified atom stereocenters. The number of hydrogen-bond acceptors (Lipinski definition) is 6. The second-order valence-corrected chi connectivity index (χ2v) is 21.2. The molecule has 2 N–H and O–H groups in total. The fourth-order valence-electron chi connectivity index (χ4n) is 7.62. The minimum Gasteiger partial charge on any atom is -0.456 e. The van der Waals surface area contributed by atoms with Gasteiger partial charge in [-0.05, 0) is 70.3 Å². The first-order chi connectivity index (χ1) is 32.9. The van der Waals surface area contributed by atoms with E-state index in [4.69, 9.17) is 13.8 Å². The number of rotatable bonds is 49. The van der Waals surface area contributed by atoms with Gasteiger partial charge in [0.25, 0.3) is 0 Å². The number of esters is 1. The van der Waals surface area contributed by atoms with Crippen molar-refractivity contribution in [1.82, 2.24) is 5.32 Å². The lowest BCUT2D eigenvalue weighted by molar-refractivity contribution is -0.870. The fourth-order valence-corrected chi connectivity index (χ4v) is 8.36. The SMILES string of the molecule is CC/C=C\C/C=C\C/C=C\C/C=C\C/C=C\CCCC(=O)NC(COP(=O)(O)OCC[N+](C)(C)C)C(/C=C/CCCCCCCCCCC)OC(=O)CCCCCCCCCCCCCCCC. The predicted molar refractivity (Wildman–Crippen MR) is 291 cm³/mol. The summed E-state index contributed by atoms with van der Waals surface area (Å²) in [6.45, 7) is 6.84. The third-order valence-corrected chi connectivity index (χ3v) is 12.9. The highest BCUT2D eigenvalue weighted by Crippen LogP contribution is 2.43. The van der Waals surface area contributed by atoms with Crippen LogP contribution in [-0.2, 0) is 27.9 Å². The Morgan fingerprint density at radius 2 is 0.956 bits per heavy atom. The van der Waals surface area contributed by atoms with Crippen molar-refractivity contribution >= 4 is 19.7 Å². The number of hydrogen-bond donors (Lipinski definition) is 2. The highest BCUT2D eigenvalue weighted by Gasteiger charge is 2.30. The molecule has 1 amide bonds. The highest BCUT2D eigenvalue weighted by atomic mass is 31.2. The summed E-state index contributed by atoms with van der Waals surface area (Å²) in [5.41, 5.74) is 0. The lowest BCUT2D eigenvalue weighted by Crippen LogP contribution is -2.47. The Morgan fingerprint density at radius 3 is 1.43 bits per heavy atom. The van der Waals surface area contributed by atoms with Gasteiger partial charge in [-0.1, -0.05) is 222 Å². The number of quaternary nitrogens is 1. The molecular weight excluding hydrogens is 868 g/mol. The molecule has 0 saturated heterocycles. The van der Waals surface area contributed by atoms with Gasteiger partial charge in [0.1, 0.15) is 19.3 Å². The predicted octanol–water partition coefficient (Wildman–Crippen LogP) is 16.5. The summed E-state index contributed by atoms with van der Waals surface area (Å²) in [5, 5.41) is 3.01. The standard InChI is InChI=1S/C58H105N2O7P/c1-7-10-13-16-19-22-25-27-29-30-31-32-35-38-41-44-47-50-57(61)59-55(54-66-68(63,64)65-53-52-60(4,5)6)56(49-46-43-40-37-34-24-21-18-15-12-9-3)67-58(62)51-48-45-42-39-36-33-28-26-23-20-17-14-11-8-2/h10,13,19,22,27,29,31-32,38,41,46,49,55-56H,7-9,11-12,14-18,20-21,23-26,28,30,33-37,39-40,42-45,47-48,50-54H2,1-6H3,(H-,59,61,63,64)/p+1/b13-10-,22-19-,29-27-,32-31-,41-38-,49-46+. The van der Waals surface area contributed by atoms with Crippen molar-refractivity contribution in [3.8, 4) is 0 Å². The van der Waals surface area contributed by atoms with Crippen molar-refractivity contribution in [2.45, 2.75) is 245 Å². The maximum atomic E-state index is 13.4. The van der Waals surface area contributed by atoms with Crippen molar-refractivity contribution < 1.29 is 37.3 Å². The number of amides is 1. The minimum absolute atomic E-state index is 0.0281. The fraction of sp³-hybridized carbons (Fsp3) is 0.759. The van der Waals surface area contributed by atoms with Crippen LogP contribution in [0.5, 0.6) is 0 Å². The molecule has 0 heterocycles. The van der Waals surface area contributed by atoms with E-state index in [1.165, 1.54) is 116 Å². The van der Waals surface area contributed by atoms with Crippen LogP contribution in [0.4, 0.5) is 0 Å². The average molecular weight is 974 g/mol. The van der Waals surface area contributed by atoms with Crippen LogP contribution in [-0.4, -0.2) is 74.3 Å². The Hall–Kier alpha value is -2.55. The molecule has 0 saturated carbocycles. The normalized spacial score (nSPS) is 14.4. The Bertz CT molecular complexity index is 1400. The molecule has 9 nitrogen and oxygen atoms in total. The number of ether oxygens (including phenoxy) is 1. The van der Waals surface area contributed by atoms with E-state index in [-0.39, 0.29) is 37.9 Å². The van der Waals surface area contributed by atoms with Gasteiger partial charge in [0.15, 0.2) is 0 Å². The largest absolute Gasteiger partial charge is 0.472 e. The van der Waals surface area contributed by atoms with E-state index < -0.39 is 20.0 Å². The number of carbonyl (C=O) groups is 2. The Morgan fingerprint density at radius 1 is 0.529 bits per heavy atom. The van der Waals surface area contributed by atoms with Crippen LogP contribution in [0.3, 0.4) is 0 Å². The smallest absolute Gasteiger partial charge is 0.456 e. The van der Waals surface area contributed by atoms with E-state index in [2.05, 4.69) is 86.8 Å². The van der Waals surface area contributed by atoms with Crippen LogP contribution in [0.2, 0.25) is 0 Å². The van der Waals surface area contributed by atoms with Crippen molar-refractivity contribution in [3.05, 3.63) is 72.9 Å². The zero-order valence-electron chi connectivity index (χ0n) is 44.8. The Balaban J connectivity index is 5.44. The Kier molecular flexibility index (Phi) is 46.3. The summed E-state index contributed by atoms with van der Waals surface area (Å²) in [4.78, 5) is 37.5. The molecule has 0 aliphatic rings. The third kappa shape index (κ3) is 48.5. The van der Waals surface area contributed by atoms with Gasteiger partial charge < -0.3 is 19.4 Å².